The molecule has 0 spiro atoms. The maximum atomic E-state index is 13.1. The molecule has 0 heterocycles. The number of nitrogens with one attached hydrogen (secondary N) is 1. The number of carbonyl (C=O) groups is 2. The number of amides is 2. The van der Waals surface area contributed by atoms with Crippen LogP contribution in [0.4, 0.5) is 0 Å². The highest BCUT2D eigenvalue weighted by molar-refractivity contribution is 7.99. The molecular formula is C24H31ClN2O2S. The van der Waals surface area contributed by atoms with Gasteiger partial charge >= 0.3 is 0 Å². The van der Waals surface area contributed by atoms with E-state index in [1.54, 1.807) is 16.7 Å². The lowest BCUT2D eigenvalue weighted by molar-refractivity contribution is -0.139. The highest BCUT2D eigenvalue weighted by Gasteiger charge is 2.28. The first kappa shape index (κ1) is 24.3. The van der Waals surface area contributed by atoms with Gasteiger partial charge in [0.15, 0.2) is 0 Å². The number of hydrogen-bond acceptors (Lipinski definition) is 3. The number of rotatable bonds is 11. The first-order valence-corrected chi connectivity index (χ1v) is 11.9. The molecule has 0 bridgehead atoms. The molecule has 0 saturated heterocycles. The van der Waals surface area contributed by atoms with Crippen LogP contribution in [0.1, 0.15) is 38.3 Å². The number of hydrogen-bond donors (Lipinski definition) is 1. The van der Waals surface area contributed by atoms with Crippen molar-refractivity contribution in [2.24, 2.45) is 0 Å². The van der Waals surface area contributed by atoms with E-state index >= 15 is 0 Å². The number of nitrogens with zero attached hydrogens (tertiary/aromatic N) is 1. The predicted octanol–water partition coefficient (Wildman–Crippen LogP) is 4.95. The summed E-state index contributed by atoms with van der Waals surface area (Å²) in [5, 5.41) is 3.67. The summed E-state index contributed by atoms with van der Waals surface area (Å²) in [6, 6.07) is 17.3. The van der Waals surface area contributed by atoms with Gasteiger partial charge in [0, 0.05) is 23.4 Å². The molecule has 0 aliphatic carbocycles. The van der Waals surface area contributed by atoms with E-state index in [0.29, 0.717) is 23.7 Å². The van der Waals surface area contributed by atoms with Gasteiger partial charge in [0.25, 0.3) is 0 Å². The molecule has 0 aromatic heterocycles. The highest BCUT2D eigenvalue weighted by Crippen LogP contribution is 2.17. The molecule has 0 fully saturated rings. The minimum Gasteiger partial charge on any atom is -0.352 e. The number of thioether (sulfide) groups is 1. The lowest BCUT2D eigenvalue weighted by Crippen LogP contribution is -2.51. The lowest BCUT2D eigenvalue weighted by atomic mass is 10.1. The summed E-state index contributed by atoms with van der Waals surface area (Å²) in [5.41, 5.74) is 2.28. The second-order valence-electron chi connectivity index (χ2n) is 7.53. The number of benzene rings is 2. The van der Waals surface area contributed by atoms with Gasteiger partial charge in [-0.2, -0.15) is 0 Å². The fourth-order valence-electron chi connectivity index (χ4n) is 3.20. The van der Waals surface area contributed by atoms with Crippen molar-refractivity contribution in [1.29, 1.82) is 0 Å². The van der Waals surface area contributed by atoms with Gasteiger partial charge in [0.05, 0.1) is 5.75 Å². The fraction of sp³-hybridized carbons (Fsp3) is 0.417. The molecule has 4 nitrogen and oxygen atoms in total. The smallest absolute Gasteiger partial charge is 0.242 e. The molecule has 162 valence electrons. The van der Waals surface area contributed by atoms with Crippen LogP contribution in [0.5, 0.6) is 0 Å². The molecule has 0 aliphatic heterocycles. The van der Waals surface area contributed by atoms with Crippen LogP contribution in [-0.4, -0.2) is 41.1 Å². The van der Waals surface area contributed by atoms with Crippen molar-refractivity contribution in [3.63, 3.8) is 0 Å². The van der Waals surface area contributed by atoms with Gasteiger partial charge in [-0.3, -0.25) is 9.59 Å². The Bertz CT molecular complexity index is 797. The Labute approximate surface area is 189 Å². The zero-order chi connectivity index (χ0) is 21.9. The van der Waals surface area contributed by atoms with Gasteiger partial charge < -0.3 is 10.2 Å². The maximum absolute atomic E-state index is 13.1. The highest BCUT2D eigenvalue weighted by atomic mass is 35.5. The fourth-order valence-corrected chi connectivity index (χ4v) is 4.19. The van der Waals surface area contributed by atoms with Crippen molar-refractivity contribution < 1.29 is 9.59 Å². The van der Waals surface area contributed by atoms with Gasteiger partial charge in [-0.05, 0) is 49.9 Å². The molecule has 2 rings (SSSR count). The summed E-state index contributed by atoms with van der Waals surface area (Å²) in [6.07, 6.45) is 1.31. The van der Waals surface area contributed by atoms with Crippen LogP contribution in [0, 0.1) is 0 Å². The first-order chi connectivity index (χ1) is 14.4. The molecule has 2 aromatic carbocycles. The van der Waals surface area contributed by atoms with Crippen LogP contribution in [0.2, 0.25) is 5.02 Å². The quantitative estimate of drug-likeness (QED) is 0.531. The van der Waals surface area contributed by atoms with E-state index in [-0.39, 0.29) is 17.9 Å². The molecule has 1 atom stereocenters. The third-order valence-electron chi connectivity index (χ3n) is 4.71. The van der Waals surface area contributed by atoms with Crippen molar-refractivity contribution >= 4 is 35.2 Å². The molecule has 2 amide bonds. The van der Waals surface area contributed by atoms with E-state index in [2.05, 4.69) is 5.32 Å². The van der Waals surface area contributed by atoms with Crippen molar-refractivity contribution in [3.8, 4) is 0 Å². The molecule has 0 radical (unpaired) electrons. The third kappa shape index (κ3) is 8.04. The second-order valence-corrected chi connectivity index (χ2v) is 8.95. The summed E-state index contributed by atoms with van der Waals surface area (Å²) in [7, 11) is 0. The van der Waals surface area contributed by atoms with Crippen molar-refractivity contribution in [1.82, 2.24) is 10.2 Å². The summed E-state index contributed by atoms with van der Waals surface area (Å²) in [5.74, 6) is 0.972. The zero-order valence-electron chi connectivity index (χ0n) is 17.9. The third-order valence-corrected chi connectivity index (χ3v) is 5.95. The molecule has 0 saturated carbocycles. The average Bonchev–Trinajstić information content (AvgIpc) is 2.72. The number of halogens is 1. The molecule has 6 heteroatoms. The summed E-state index contributed by atoms with van der Waals surface area (Å²) in [6.45, 7) is 6.34. The SMILES string of the molecule is CCC(C(=O)NC(C)C)N(CCc1ccccc1)C(=O)CSCc1ccc(Cl)cc1. The van der Waals surface area contributed by atoms with Gasteiger partial charge in [-0.25, -0.2) is 0 Å². The molecular weight excluding hydrogens is 416 g/mol. The zero-order valence-corrected chi connectivity index (χ0v) is 19.5. The van der Waals surface area contributed by atoms with Crippen molar-refractivity contribution in [2.45, 2.75) is 51.4 Å². The van der Waals surface area contributed by atoms with Crippen LogP contribution < -0.4 is 5.32 Å². The Morgan fingerprint density at radius 3 is 2.30 bits per heavy atom. The Balaban J connectivity index is 2.04. The standard InChI is InChI=1S/C24H31ClN2O2S/c1-4-22(24(29)26-18(2)3)27(15-14-19-8-6-5-7-9-19)23(28)17-30-16-20-10-12-21(25)13-11-20/h5-13,18,22H,4,14-17H2,1-3H3,(H,26,29). The minimum atomic E-state index is -0.459. The van der Waals surface area contributed by atoms with Crippen LogP contribution in [-0.2, 0) is 21.8 Å². The van der Waals surface area contributed by atoms with Crippen LogP contribution in [0.25, 0.3) is 0 Å². The normalized spacial score (nSPS) is 11.9. The monoisotopic (exact) mass is 446 g/mol. The van der Waals surface area contributed by atoms with Gasteiger partial charge in [-0.1, -0.05) is 61.0 Å². The summed E-state index contributed by atoms with van der Waals surface area (Å²) < 4.78 is 0. The van der Waals surface area contributed by atoms with Gasteiger partial charge in [0.2, 0.25) is 11.8 Å². The van der Waals surface area contributed by atoms with E-state index in [1.165, 1.54) is 0 Å². The maximum Gasteiger partial charge on any atom is 0.242 e. The van der Waals surface area contributed by atoms with E-state index in [9.17, 15) is 9.59 Å². The molecule has 1 unspecified atom stereocenters. The Kier molecular flexibility index (Phi) is 10.2. The Morgan fingerprint density at radius 2 is 1.70 bits per heavy atom. The average molecular weight is 447 g/mol. The van der Waals surface area contributed by atoms with Gasteiger partial charge in [-0.15, -0.1) is 11.8 Å². The largest absolute Gasteiger partial charge is 0.352 e. The molecule has 2 aromatic rings. The Hall–Kier alpha value is -1.98. The first-order valence-electron chi connectivity index (χ1n) is 10.4. The van der Waals surface area contributed by atoms with Crippen molar-refractivity contribution in [2.75, 3.05) is 12.3 Å². The molecule has 30 heavy (non-hydrogen) atoms. The molecule has 1 N–H and O–H groups in total. The van der Waals surface area contributed by atoms with E-state index < -0.39 is 6.04 Å². The van der Waals surface area contributed by atoms with Gasteiger partial charge in [0.1, 0.15) is 6.04 Å². The number of carbonyl (C=O) groups excluding carboxylic acids is 2. The lowest BCUT2D eigenvalue weighted by Gasteiger charge is -2.31. The van der Waals surface area contributed by atoms with Crippen LogP contribution >= 0.6 is 23.4 Å². The second kappa shape index (κ2) is 12.7. The van der Waals surface area contributed by atoms with E-state index in [1.807, 2.05) is 75.4 Å². The predicted molar refractivity (Wildman–Crippen MR) is 127 cm³/mol. The summed E-state index contributed by atoms with van der Waals surface area (Å²) in [4.78, 5) is 27.6. The topological polar surface area (TPSA) is 49.4 Å². The summed E-state index contributed by atoms with van der Waals surface area (Å²) >= 11 is 7.49. The minimum absolute atomic E-state index is 0.00403. The van der Waals surface area contributed by atoms with Crippen molar-refractivity contribution in [3.05, 3.63) is 70.7 Å². The van der Waals surface area contributed by atoms with Crippen LogP contribution in [0.15, 0.2) is 54.6 Å². The van der Waals surface area contributed by atoms with Crippen LogP contribution in [0.3, 0.4) is 0 Å². The Morgan fingerprint density at radius 1 is 1.03 bits per heavy atom. The molecule has 0 aliphatic rings. The van der Waals surface area contributed by atoms with E-state index in [4.69, 9.17) is 11.6 Å². The van der Waals surface area contributed by atoms with E-state index in [0.717, 1.165) is 23.3 Å².